The second kappa shape index (κ2) is 11.8. The van der Waals surface area contributed by atoms with E-state index in [0.29, 0.717) is 0 Å². The molecule has 0 fully saturated rings. The lowest BCUT2D eigenvalue weighted by atomic mass is 9.89. The lowest BCUT2D eigenvalue weighted by Crippen LogP contribution is -2.18. The Morgan fingerprint density at radius 3 is 1.98 bits per heavy atom. The largest absolute Gasteiger partial charge is 0.484 e. The molecule has 0 amide bonds. The van der Waals surface area contributed by atoms with Crippen LogP contribution in [0.15, 0.2) is 175 Å². The van der Waals surface area contributed by atoms with Crippen LogP contribution in [0, 0.1) is 0 Å². The molecular formula is C50H30N6O2. The molecule has 2 aliphatic rings. The summed E-state index contributed by atoms with van der Waals surface area (Å²) in [7, 11) is 0. The Kier molecular flexibility index (Phi) is 6.40. The number of hydrogen-bond donors (Lipinski definition) is 0. The second-order valence-electron chi connectivity index (χ2n) is 15.0. The highest BCUT2D eigenvalue weighted by molar-refractivity contribution is 6.13. The summed E-state index contributed by atoms with van der Waals surface area (Å²) in [5.74, 6) is 0.841. The van der Waals surface area contributed by atoms with E-state index in [-0.39, 0.29) is 12.0 Å². The third-order valence-electron chi connectivity index (χ3n) is 12.0. The molecule has 0 saturated heterocycles. The van der Waals surface area contributed by atoms with E-state index in [0.717, 1.165) is 89.2 Å². The summed E-state index contributed by atoms with van der Waals surface area (Å²) in [5, 5.41) is 6.78. The van der Waals surface area contributed by atoms with Crippen molar-refractivity contribution in [2.75, 3.05) is 0 Å². The zero-order chi connectivity index (χ0) is 37.9. The minimum absolute atomic E-state index is 0.0151. The third kappa shape index (κ3) is 4.34. The van der Waals surface area contributed by atoms with Crippen LogP contribution in [0.3, 0.4) is 0 Å². The van der Waals surface area contributed by atoms with Gasteiger partial charge in [-0.15, -0.1) is 0 Å². The van der Waals surface area contributed by atoms with Crippen molar-refractivity contribution >= 4 is 71.2 Å². The minimum atomic E-state index is -0.149. The number of pyridine rings is 2. The van der Waals surface area contributed by atoms with E-state index in [1.54, 1.807) is 12.4 Å². The molecule has 8 nitrogen and oxygen atoms in total. The van der Waals surface area contributed by atoms with Gasteiger partial charge in [-0.1, -0.05) is 60.7 Å². The number of allylic oxidation sites excluding steroid dienone is 2. The molecule has 5 aromatic carbocycles. The van der Waals surface area contributed by atoms with Crippen LogP contribution < -0.4 is 4.74 Å². The molecule has 7 heterocycles. The van der Waals surface area contributed by atoms with Crippen LogP contribution in [0.4, 0.5) is 0 Å². The number of furan rings is 1. The molecule has 0 N–H and O–H groups in total. The molecule has 2 unspecified atom stereocenters. The third-order valence-corrected chi connectivity index (χ3v) is 12.0. The van der Waals surface area contributed by atoms with Crippen molar-refractivity contribution in [2.24, 2.45) is 0 Å². The molecule has 0 saturated carbocycles. The van der Waals surface area contributed by atoms with Gasteiger partial charge in [-0.25, -0.2) is 0 Å². The second-order valence-corrected chi connectivity index (χ2v) is 15.0. The van der Waals surface area contributed by atoms with Gasteiger partial charge < -0.3 is 18.3 Å². The lowest BCUT2D eigenvalue weighted by Gasteiger charge is -2.20. The van der Waals surface area contributed by atoms with Gasteiger partial charge in [-0.3, -0.25) is 19.9 Å². The van der Waals surface area contributed by atoms with Crippen LogP contribution in [-0.4, -0.2) is 35.2 Å². The average Bonchev–Trinajstić information content (AvgIpc) is 4.04. The Morgan fingerprint density at radius 2 is 1.19 bits per heavy atom. The number of nitrogens with zero attached hydrogens (tertiary/aromatic N) is 6. The zero-order valence-corrected chi connectivity index (χ0v) is 30.8. The molecular weight excluding hydrogens is 717 g/mol. The fraction of sp³-hybridized carbons (Fsp3) is 0.0400. The summed E-state index contributed by atoms with van der Waals surface area (Å²) in [6.45, 7) is 0. The van der Waals surface area contributed by atoms with Gasteiger partial charge in [-0.05, 0) is 72.8 Å². The van der Waals surface area contributed by atoms with Crippen LogP contribution in [-0.2, 0) is 0 Å². The molecule has 6 aromatic heterocycles. The van der Waals surface area contributed by atoms with Crippen LogP contribution in [0.5, 0.6) is 5.75 Å². The first-order valence-corrected chi connectivity index (χ1v) is 19.4. The van der Waals surface area contributed by atoms with E-state index in [1.807, 2.05) is 24.8 Å². The van der Waals surface area contributed by atoms with Crippen molar-refractivity contribution < 1.29 is 9.15 Å². The summed E-state index contributed by atoms with van der Waals surface area (Å²) in [4.78, 5) is 18.9. The first kappa shape index (κ1) is 31.4. The van der Waals surface area contributed by atoms with Crippen molar-refractivity contribution in [3.05, 3.63) is 176 Å². The molecule has 8 heteroatoms. The highest BCUT2D eigenvalue weighted by Gasteiger charge is 2.36. The van der Waals surface area contributed by atoms with Crippen molar-refractivity contribution in [3.8, 4) is 34.0 Å². The van der Waals surface area contributed by atoms with Gasteiger partial charge in [0.25, 0.3) is 0 Å². The molecule has 0 spiro atoms. The lowest BCUT2D eigenvalue weighted by molar-refractivity contribution is 0.270. The van der Waals surface area contributed by atoms with Crippen LogP contribution >= 0.6 is 0 Å². The summed E-state index contributed by atoms with van der Waals surface area (Å²) >= 11 is 0. The zero-order valence-electron chi connectivity index (χ0n) is 30.8. The number of aromatic nitrogens is 6. The molecule has 1 aliphatic carbocycles. The maximum atomic E-state index is 6.82. The summed E-state index contributed by atoms with van der Waals surface area (Å²) < 4.78 is 18.1. The van der Waals surface area contributed by atoms with E-state index in [4.69, 9.17) is 19.1 Å². The Morgan fingerprint density at radius 1 is 0.534 bits per heavy atom. The number of hydrogen-bond acceptors (Lipinski definition) is 6. The fourth-order valence-corrected chi connectivity index (χ4v) is 9.48. The maximum Gasteiger partial charge on any atom is 0.144 e. The van der Waals surface area contributed by atoms with Crippen molar-refractivity contribution in [3.63, 3.8) is 0 Å². The Bertz CT molecular complexity index is 3480. The number of benzene rings is 5. The van der Waals surface area contributed by atoms with Gasteiger partial charge in [0.2, 0.25) is 0 Å². The van der Waals surface area contributed by atoms with Crippen molar-refractivity contribution in [1.82, 2.24) is 29.1 Å². The monoisotopic (exact) mass is 746 g/mol. The van der Waals surface area contributed by atoms with E-state index in [1.165, 1.54) is 21.5 Å². The molecule has 2 atom stereocenters. The predicted molar refractivity (Wildman–Crippen MR) is 230 cm³/mol. The van der Waals surface area contributed by atoms with E-state index < -0.39 is 0 Å². The summed E-state index contributed by atoms with van der Waals surface area (Å²) in [6.07, 6.45) is 17.6. The van der Waals surface area contributed by atoms with Gasteiger partial charge in [0.1, 0.15) is 34.4 Å². The highest BCUT2D eigenvalue weighted by atomic mass is 16.5. The topological polar surface area (TPSA) is 83.8 Å². The van der Waals surface area contributed by atoms with Gasteiger partial charge in [0, 0.05) is 91.1 Å². The molecule has 0 radical (unpaired) electrons. The Balaban J connectivity index is 0.932. The molecule has 58 heavy (non-hydrogen) atoms. The fourth-order valence-electron chi connectivity index (χ4n) is 9.48. The first-order chi connectivity index (χ1) is 28.8. The van der Waals surface area contributed by atoms with Crippen molar-refractivity contribution in [2.45, 2.75) is 12.0 Å². The number of ether oxygens (including phenoxy) is 1. The number of rotatable bonds is 4. The van der Waals surface area contributed by atoms with Crippen molar-refractivity contribution in [1.29, 1.82) is 0 Å². The molecule has 272 valence electrons. The van der Waals surface area contributed by atoms with Crippen LogP contribution in [0.1, 0.15) is 11.5 Å². The summed E-state index contributed by atoms with van der Waals surface area (Å²) in [5.41, 5.74) is 12.5. The molecule has 0 bridgehead atoms. The number of fused-ring (bicyclic) bond motifs is 12. The van der Waals surface area contributed by atoms with E-state index in [9.17, 15) is 0 Å². The minimum Gasteiger partial charge on any atom is -0.484 e. The Labute approximate surface area is 330 Å². The normalized spacial score (nSPS) is 16.1. The average molecular weight is 747 g/mol. The summed E-state index contributed by atoms with van der Waals surface area (Å²) in [6, 6.07) is 40.2. The predicted octanol–water partition coefficient (Wildman–Crippen LogP) is 11.7. The quantitative estimate of drug-likeness (QED) is 0.178. The highest BCUT2D eigenvalue weighted by Crippen LogP contribution is 2.50. The molecule has 11 aromatic rings. The van der Waals surface area contributed by atoms with Crippen LogP contribution in [0.2, 0.25) is 0 Å². The van der Waals surface area contributed by atoms with Gasteiger partial charge in [-0.2, -0.15) is 0 Å². The smallest absolute Gasteiger partial charge is 0.144 e. The van der Waals surface area contributed by atoms with Gasteiger partial charge >= 0.3 is 0 Å². The SMILES string of the molecule is C1=CC2Oc3c(-c4nccnc4-c4cccc5c4oc4ccc(-n6c7ccccc7c7ccncc76)cc45)cccc3C2C=C1n1c2ccccc2c2ccncc21. The van der Waals surface area contributed by atoms with E-state index >= 15 is 0 Å². The van der Waals surface area contributed by atoms with Gasteiger partial charge in [0.15, 0.2) is 0 Å². The Hall–Kier alpha value is -7.84. The maximum absolute atomic E-state index is 6.82. The van der Waals surface area contributed by atoms with Gasteiger partial charge in [0.05, 0.1) is 34.5 Å². The standard InChI is InChI=1S/C50H30N6O2/c1-3-13-41-31(7-1)33-19-21-51-27-43(33)55(41)29-15-17-45-39(25-29)35-9-5-11-37(49(35)57-45)47-48(54-24-23-53-47)38-12-6-10-36-40-26-30(16-18-46(40)58-50(36)38)56-42-14-4-2-8-32(42)34-20-22-52-28-44(34)56/h1-28,39,45H. The van der Waals surface area contributed by atoms with Crippen LogP contribution in [0.25, 0.3) is 99.4 Å². The van der Waals surface area contributed by atoms with E-state index in [2.05, 4.69) is 153 Å². The first-order valence-electron chi connectivity index (χ1n) is 19.4. The number of para-hydroxylation sites is 4. The molecule has 13 rings (SSSR count). The molecule has 1 aliphatic heterocycles.